The molecule has 4 heteroatoms. The van der Waals surface area contributed by atoms with Gasteiger partial charge in [-0.1, -0.05) is 11.6 Å². The van der Waals surface area contributed by atoms with E-state index in [0.717, 1.165) is 12.8 Å². The molecule has 0 saturated carbocycles. The number of rotatable bonds is 5. The molecule has 0 aliphatic heterocycles. The van der Waals surface area contributed by atoms with Crippen LogP contribution < -0.4 is 10.5 Å². The summed E-state index contributed by atoms with van der Waals surface area (Å²) in [7, 11) is 0. The molecule has 0 aliphatic carbocycles. The summed E-state index contributed by atoms with van der Waals surface area (Å²) < 4.78 is 18.3. The van der Waals surface area contributed by atoms with Gasteiger partial charge in [0.15, 0.2) is 0 Å². The van der Waals surface area contributed by atoms with Crippen LogP contribution in [0.2, 0.25) is 5.02 Å². The minimum Gasteiger partial charge on any atom is -0.489 e. The van der Waals surface area contributed by atoms with Gasteiger partial charge < -0.3 is 10.5 Å². The molecule has 0 amide bonds. The molecule has 0 aliphatic rings. The summed E-state index contributed by atoms with van der Waals surface area (Å²) in [4.78, 5) is 0. The highest BCUT2D eigenvalue weighted by molar-refractivity contribution is 6.32. The maximum atomic E-state index is 12.7. The molecule has 84 valence electrons. The van der Waals surface area contributed by atoms with Crippen LogP contribution in [0.3, 0.4) is 0 Å². The minimum absolute atomic E-state index is 0.0384. The van der Waals surface area contributed by atoms with Gasteiger partial charge in [0.1, 0.15) is 11.6 Å². The van der Waals surface area contributed by atoms with E-state index < -0.39 is 0 Å². The van der Waals surface area contributed by atoms with Gasteiger partial charge in [0, 0.05) is 0 Å². The molecule has 2 nitrogen and oxygen atoms in total. The highest BCUT2D eigenvalue weighted by atomic mass is 35.5. The average molecular weight is 232 g/mol. The molecule has 1 aromatic rings. The first kappa shape index (κ1) is 12.3. The molecule has 0 aromatic heterocycles. The van der Waals surface area contributed by atoms with Crippen molar-refractivity contribution in [2.75, 3.05) is 6.54 Å². The molecular formula is C11H15ClFNO. The third kappa shape index (κ3) is 4.06. The Morgan fingerprint density at radius 2 is 2.27 bits per heavy atom. The lowest BCUT2D eigenvalue weighted by Crippen LogP contribution is -2.14. The molecule has 1 atom stereocenters. The van der Waals surface area contributed by atoms with Crippen LogP contribution in [-0.2, 0) is 0 Å². The Balaban J connectivity index is 2.56. The van der Waals surface area contributed by atoms with E-state index in [1.807, 2.05) is 6.92 Å². The van der Waals surface area contributed by atoms with Crippen LogP contribution in [0.4, 0.5) is 4.39 Å². The molecular weight excluding hydrogens is 217 g/mol. The van der Waals surface area contributed by atoms with Crippen molar-refractivity contribution < 1.29 is 9.13 Å². The van der Waals surface area contributed by atoms with Crippen molar-refractivity contribution in [3.05, 3.63) is 29.0 Å². The summed E-state index contributed by atoms with van der Waals surface area (Å²) in [5.74, 6) is 0.157. The third-order valence-corrected chi connectivity index (χ3v) is 2.33. The summed E-state index contributed by atoms with van der Waals surface area (Å²) >= 11 is 5.82. The standard InChI is InChI=1S/C11H15ClFNO/c1-8(3-2-6-14)15-11-5-4-9(13)7-10(11)12/h4-5,7-8H,2-3,6,14H2,1H3. The fraction of sp³-hybridized carbons (Fsp3) is 0.455. The molecule has 1 unspecified atom stereocenters. The van der Waals surface area contributed by atoms with E-state index in [1.165, 1.54) is 18.2 Å². The monoisotopic (exact) mass is 231 g/mol. The quantitative estimate of drug-likeness (QED) is 0.846. The Kier molecular flexibility index (Phi) is 4.85. The second-order valence-corrected chi connectivity index (χ2v) is 3.84. The first-order valence-corrected chi connectivity index (χ1v) is 5.33. The normalized spacial score (nSPS) is 12.5. The lowest BCUT2D eigenvalue weighted by atomic mass is 10.2. The van der Waals surface area contributed by atoms with E-state index >= 15 is 0 Å². The Morgan fingerprint density at radius 1 is 1.53 bits per heavy atom. The number of nitrogens with two attached hydrogens (primary N) is 1. The average Bonchev–Trinajstić information content (AvgIpc) is 2.19. The van der Waals surface area contributed by atoms with E-state index in [-0.39, 0.29) is 11.9 Å². The summed E-state index contributed by atoms with van der Waals surface area (Å²) in [6.45, 7) is 2.58. The molecule has 15 heavy (non-hydrogen) atoms. The van der Waals surface area contributed by atoms with Gasteiger partial charge in [-0.3, -0.25) is 0 Å². The SMILES string of the molecule is CC(CCCN)Oc1ccc(F)cc1Cl. The Hall–Kier alpha value is -0.800. The first-order valence-electron chi connectivity index (χ1n) is 4.95. The fourth-order valence-electron chi connectivity index (χ4n) is 1.25. The van der Waals surface area contributed by atoms with Crippen molar-refractivity contribution in [2.45, 2.75) is 25.9 Å². The topological polar surface area (TPSA) is 35.2 Å². The molecule has 0 spiro atoms. The van der Waals surface area contributed by atoms with E-state index in [1.54, 1.807) is 0 Å². The van der Waals surface area contributed by atoms with Crippen LogP contribution >= 0.6 is 11.6 Å². The smallest absolute Gasteiger partial charge is 0.138 e. The summed E-state index contributed by atoms with van der Waals surface area (Å²) in [6, 6.07) is 4.11. The van der Waals surface area contributed by atoms with Crippen molar-refractivity contribution in [3.8, 4) is 5.75 Å². The van der Waals surface area contributed by atoms with Gasteiger partial charge in [0.05, 0.1) is 11.1 Å². The van der Waals surface area contributed by atoms with E-state index in [4.69, 9.17) is 22.1 Å². The van der Waals surface area contributed by atoms with Crippen molar-refractivity contribution >= 4 is 11.6 Å². The maximum Gasteiger partial charge on any atom is 0.138 e. The second-order valence-electron chi connectivity index (χ2n) is 3.43. The van der Waals surface area contributed by atoms with Crippen LogP contribution in [0.25, 0.3) is 0 Å². The molecule has 0 heterocycles. The Bertz CT molecular complexity index is 319. The van der Waals surface area contributed by atoms with Crippen molar-refractivity contribution in [3.63, 3.8) is 0 Å². The van der Waals surface area contributed by atoms with Crippen LogP contribution in [-0.4, -0.2) is 12.6 Å². The molecule has 1 rings (SSSR count). The molecule has 0 radical (unpaired) electrons. The van der Waals surface area contributed by atoms with E-state index in [0.29, 0.717) is 17.3 Å². The van der Waals surface area contributed by atoms with Gasteiger partial charge in [-0.05, 0) is 44.5 Å². The molecule has 0 saturated heterocycles. The number of hydrogen-bond acceptors (Lipinski definition) is 2. The Morgan fingerprint density at radius 3 is 2.87 bits per heavy atom. The van der Waals surface area contributed by atoms with Crippen LogP contribution in [0.15, 0.2) is 18.2 Å². The van der Waals surface area contributed by atoms with E-state index in [9.17, 15) is 4.39 Å². The van der Waals surface area contributed by atoms with Crippen molar-refractivity contribution in [1.29, 1.82) is 0 Å². The summed E-state index contributed by atoms with van der Waals surface area (Å²) in [5, 5.41) is 0.301. The van der Waals surface area contributed by atoms with Crippen LogP contribution in [0.1, 0.15) is 19.8 Å². The summed E-state index contributed by atoms with van der Waals surface area (Å²) in [5.41, 5.74) is 5.39. The van der Waals surface area contributed by atoms with Gasteiger partial charge in [0.25, 0.3) is 0 Å². The first-order chi connectivity index (χ1) is 7.13. The van der Waals surface area contributed by atoms with Gasteiger partial charge >= 0.3 is 0 Å². The fourth-order valence-corrected chi connectivity index (χ4v) is 1.46. The molecule has 1 aromatic carbocycles. The minimum atomic E-state index is -0.359. The zero-order chi connectivity index (χ0) is 11.3. The highest BCUT2D eigenvalue weighted by Gasteiger charge is 2.07. The van der Waals surface area contributed by atoms with Gasteiger partial charge in [-0.25, -0.2) is 4.39 Å². The zero-order valence-electron chi connectivity index (χ0n) is 8.67. The van der Waals surface area contributed by atoms with Crippen molar-refractivity contribution in [2.24, 2.45) is 5.73 Å². The van der Waals surface area contributed by atoms with Crippen LogP contribution in [0, 0.1) is 5.82 Å². The molecule has 0 fully saturated rings. The van der Waals surface area contributed by atoms with Gasteiger partial charge in [-0.15, -0.1) is 0 Å². The van der Waals surface area contributed by atoms with Gasteiger partial charge in [0.2, 0.25) is 0 Å². The molecule has 0 bridgehead atoms. The number of benzene rings is 1. The predicted octanol–water partition coefficient (Wildman–Crippen LogP) is 2.99. The highest BCUT2D eigenvalue weighted by Crippen LogP contribution is 2.26. The maximum absolute atomic E-state index is 12.7. The number of halogens is 2. The van der Waals surface area contributed by atoms with Crippen molar-refractivity contribution in [1.82, 2.24) is 0 Å². The third-order valence-electron chi connectivity index (χ3n) is 2.04. The number of hydrogen-bond donors (Lipinski definition) is 1. The Labute approximate surface area is 94.2 Å². The van der Waals surface area contributed by atoms with E-state index in [2.05, 4.69) is 0 Å². The zero-order valence-corrected chi connectivity index (χ0v) is 9.43. The predicted molar refractivity (Wildman–Crippen MR) is 59.8 cm³/mol. The second kappa shape index (κ2) is 5.93. The lowest BCUT2D eigenvalue weighted by molar-refractivity contribution is 0.208. The molecule has 2 N–H and O–H groups in total. The lowest BCUT2D eigenvalue weighted by Gasteiger charge is -2.15. The van der Waals surface area contributed by atoms with Gasteiger partial charge in [-0.2, -0.15) is 0 Å². The number of ether oxygens (including phenoxy) is 1. The largest absolute Gasteiger partial charge is 0.489 e. The summed E-state index contributed by atoms with van der Waals surface area (Å²) in [6.07, 6.45) is 1.81. The van der Waals surface area contributed by atoms with Crippen LogP contribution in [0.5, 0.6) is 5.75 Å².